The fourth-order valence-electron chi connectivity index (χ4n) is 0.888. The van der Waals surface area contributed by atoms with Crippen molar-refractivity contribution in [2.45, 2.75) is 5.22 Å². The summed E-state index contributed by atoms with van der Waals surface area (Å²) in [6.45, 7) is -0.191. The van der Waals surface area contributed by atoms with E-state index in [0.29, 0.717) is 10.2 Å². The van der Waals surface area contributed by atoms with Crippen molar-refractivity contribution in [1.82, 2.24) is 0 Å². The summed E-state index contributed by atoms with van der Waals surface area (Å²) in [7, 11) is 0.542. The zero-order valence-corrected chi connectivity index (χ0v) is 8.49. The number of hydrogen-bond donors (Lipinski definition) is 2. The summed E-state index contributed by atoms with van der Waals surface area (Å²) in [5.74, 6) is 0. The minimum absolute atomic E-state index is 0.191. The highest BCUT2D eigenvalue weighted by Gasteiger charge is 2.20. The molecular weight excluding hydrogens is 156 g/mol. The van der Waals surface area contributed by atoms with E-state index < -0.39 is 5.22 Å². The number of aliphatic hydroxyl groups excluding tert-OH is 1. The van der Waals surface area contributed by atoms with Crippen molar-refractivity contribution in [2.24, 2.45) is 0 Å². The third-order valence-corrected chi connectivity index (χ3v) is 2.60. The van der Waals surface area contributed by atoms with Crippen molar-refractivity contribution >= 4 is 10.2 Å². The van der Waals surface area contributed by atoms with Crippen LogP contribution in [0.15, 0.2) is 30.3 Å². The molecule has 0 saturated heterocycles. The highest BCUT2D eigenvalue weighted by Crippen LogP contribution is 2.15. The van der Waals surface area contributed by atoms with E-state index in [1.807, 2.05) is 30.3 Å². The van der Waals surface area contributed by atoms with Gasteiger partial charge in [0.1, 0.15) is 0 Å². The summed E-state index contributed by atoms with van der Waals surface area (Å²) >= 11 is 0. The van der Waals surface area contributed by atoms with Crippen LogP contribution in [0.1, 0.15) is 5.56 Å². The van der Waals surface area contributed by atoms with Gasteiger partial charge in [-0.05, 0) is 5.56 Å². The minimum atomic E-state index is -0.971. The van der Waals surface area contributed by atoms with Crippen LogP contribution in [-0.4, -0.2) is 27.1 Å². The standard InChI is InChI=1S/C8H12O2Si/c9-6-8(10,11)7-4-2-1-3-5-7/h1-5,9-10H,6H2,11H3. The SMILES string of the molecule is OCC(O)([SiH3])c1ccccc1. The molecule has 11 heavy (non-hydrogen) atoms. The molecule has 0 amide bonds. The summed E-state index contributed by atoms with van der Waals surface area (Å²) in [4.78, 5) is 0. The zero-order chi connectivity index (χ0) is 8.32. The van der Waals surface area contributed by atoms with Gasteiger partial charge in [-0.2, -0.15) is 0 Å². The van der Waals surface area contributed by atoms with Crippen LogP contribution in [0.3, 0.4) is 0 Å². The van der Waals surface area contributed by atoms with E-state index in [1.54, 1.807) is 0 Å². The van der Waals surface area contributed by atoms with Crippen molar-refractivity contribution in [2.75, 3.05) is 6.61 Å². The quantitative estimate of drug-likeness (QED) is 0.567. The zero-order valence-electron chi connectivity index (χ0n) is 6.49. The largest absolute Gasteiger partial charge is 0.393 e. The van der Waals surface area contributed by atoms with Gasteiger partial charge in [0.2, 0.25) is 0 Å². The Morgan fingerprint density at radius 2 is 1.82 bits per heavy atom. The highest BCUT2D eigenvalue weighted by atomic mass is 28.1. The number of hydrogen-bond acceptors (Lipinski definition) is 2. The second-order valence-electron chi connectivity index (χ2n) is 2.80. The van der Waals surface area contributed by atoms with Crippen LogP contribution in [-0.2, 0) is 5.22 Å². The third kappa shape index (κ3) is 1.89. The van der Waals surface area contributed by atoms with E-state index in [-0.39, 0.29) is 6.61 Å². The molecule has 1 aromatic carbocycles. The Morgan fingerprint density at radius 1 is 1.27 bits per heavy atom. The molecule has 0 aromatic heterocycles. The summed E-state index contributed by atoms with van der Waals surface area (Å²) in [5.41, 5.74) is 0.800. The van der Waals surface area contributed by atoms with Crippen LogP contribution in [0, 0.1) is 0 Å². The molecule has 3 heteroatoms. The van der Waals surface area contributed by atoms with Gasteiger partial charge in [0.25, 0.3) is 0 Å². The lowest BCUT2D eigenvalue weighted by Crippen LogP contribution is -2.30. The minimum Gasteiger partial charge on any atom is -0.393 e. The molecule has 0 spiro atoms. The Bertz CT molecular complexity index is 221. The van der Waals surface area contributed by atoms with E-state index in [9.17, 15) is 5.11 Å². The van der Waals surface area contributed by atoms with Gasteiger partial charge in [0.05, 0.1) is 22.1 Å². The molecule has 1 rings (SSSR count). The fourth-order valence-corrected chi connectivity index (χ4v) is 1.22. The summed E-state index contributed by atoms with van der Waals surface area (Å²) in [6, 6.07) is 9.24. The van der Waals surface area contributed by atoms with E-state index in [2.05, 4.69) is 0 Å². The predicted molar refractivity (Wildman–Crippen MR) is 47.4 cm³/mol. The number of benzene rings is 1. The third-order valence-electron chi connectivity index (χ3n) is 1.70. The average Bonchev–Trinajstić information content (AvgIpc) is 2.06. The monoisotopic (exact) mass is 168 g/mol. The summed E-state index contributed by atoms with van der Waals surface area (Å²) < 4.78 is 0. The molecule has 2 nitrogen and oxygen atoms in total. The predicted octanol–water partition coefficient (Wildman–Crippen LogP) is -0.811. The molecule has 0 radical (unpaired) electrons. The Hall–Kier alpha value is -0.643. The van der Waals surface area contributed by atoms with Gasteiger partial charge in [0, 0.05) is 0 Å². The Balaban J connectivity index is 2.93. The molecule has 1 aromatic rings. The first-order valence-electron chi connectivity index (χ1n) is 3.55. The van der Waals surface area contributed by atoms with Crippen LogP contribution < -0.4 is 0 Å². The van der Waals surface area contributed by atoms with E-state index in [4.69, 9.17) is 5.11 Å². The number of rotatable bonds is 2. The Kier molecular flexibility index (Phi) is 2.44. The first-order valence-corrected chi connectivity index (χ1v) is 4.55. The van der Waals surface area contributed by atoms with Crippen molar-refractivity contribution in [3.05, 3.63) is 35.9 Å². The van der Waals surface area contributed by atoms with Gasteiger partial charge >= 0.3 is 0 Å². The molecule has 60 valence electrons. The Morgan fingerprint density at radius 3 is 2.27 bits per heavy atom. The van der Waals surface area contributed by atoms with Crippen molar-refractivity contribution in [3.8, 4) is 0 Å². The van der Waals surface area contributed by atoms with Crippen molar-refractivity contribution in [1.29, 1.82) is 0 Å². The van der Waals surface area contributed by atoms with Gasteiger partial charge in [-0.1, -0.05) is 30.3 Å². The second-order valence-corrected chi connectivity index (χ2v) is 4.45. The van der Waals surface area contributed by atoms with E-state index in [1.165, 1.54) is 0 Å². The van der Waals surface area contributed by atoms with Crippen LogP contribution in [0.2, 0.25) is 0 Å². The molecule has 1 atom stereocenters. The molecule has 0 aliphatic heterocycles. The molecule has 0 heterocycles. The summed E-state index contributed by atoms with van der Waals surface area (Å²) in [6.07, 6.45) is 0. The van der Waals surface area contributed by atoms with Crippen molar-refractivity contribution < 1.29 is 10.2 Å². The topological polar surface area (TPSA) is 40.5 Å². The van der Waals surface area contributed by atoms with Gasteiger partial charge in [-0.15, -0.1) is 0 Å². The Labute approximate surface area is 68.9 Å². The van der Waals surface area contributed by atoms with Gasteiger partial charge in [-0.25, -0.2) is 0 Å². The molecule has 0 aliphatic rings. The lowest BCUT2D eigenvalue weighted by Gasteiger charge is -2.20. The smallest absolute Gasteiger partial charge is 0.0912 e. The summed E-state index contributed by atoms with van der Waals surface area (Å²) in [5, 5.41) is 17.5. The molecule has 0 bridgehead atoms. The van der Waals surface area contributed by atoms with Crippen LogP contribution in [0.25, 0.3) is 0 Å². The average molecular weight is 168 g/mol. The lowest BCUT2D eigenvalue weighted by atomic mass is 10.1. The van der Waals surface area contributed by atoms with E-state index in [0.717, 1.165) is 5.56 Å². The first-order chi connectivity index (χ1) is 5.17. The first kappa shape index (κ1) is 8.45. The molecule has 0 aliphatic carbocycles. The molecular formula is C8H12O2Si. The van der Waals surface area contributed by atoms with E-state index >= 15 is 0 Å². The normalized spacial score (nSPS) is 16.2. The highest BCUT2D eigenvalue weighted by molar-refractivity contribution is 6.14. The lowest BCUT2D eigenvalue weighted by molar-refractivity contribution is 0.0551. The molecule has 0 fully saturated rings. The van der Waals surface area contributed by atoms with Crippen LogP contribution >= 0.6 is 0 Å². The molecule has 0 saturated carbocycles. The second kappa shape index (κ2) is 3.17. The van der Waals surface area contributed by atoms with Gasteiger partial charge in [0.15, 0.2) is 0 Å². The maximum Gasteiger partial charge on any atom is 0.0912 e. The van der Waals surface area contributed by atoms with Crippen molar-refractivity contribution in [3.63, 3.8) is 0 Å². The number of aliphatic hydroxyl groups is 2. The van der Waals surface area contributed by atoms with Crippen LogP contribution in [0.5, 0.6) is 0 Å². The van der Waals surface area contributed by atoms with Crippen LogP contribution in [0.4, 0.5) is 0 Å². The fraction of sp³-hybridized carbons (Fsp3) is 0.250. The molecule has 1 unspecified atom stereocenters. The molecule has 2 N–H and O–H groups in total. The maximum atomic E-state index is 9.61. The maximum absolute atomic E-state index is 9.61. The van der Waals surface area contributed by atoms with Gasteiger partial charge in [-0.3, -0.25) is 0 Å². The van der Waals surface area contributed by atoms with Gasteiger partial charge < -0.3 is 10.2 Å².